The van der Waals surface area contributed by atoms with Crippen molar-refractivity contribution in [2.75, 3.05) is 0 Å². The minimum atomic E-state index is -0.341. The van der Waals surface area contributed by atoms with Crippen LogP contribution in [0.25, 0.3) is 0 Å². The van der Waals surface area contributed by atoms with Crippen LogP contribution >= 0.6 is 34.8 Å². The van der Waals surface area contributed by atoms with Crippen molar-refractivity contribution >= 4 is 39.8 Å². The maximum atomic E-state index is 13.3. The van der Waals surface area contributed by atoms with Gasteiger partial charge in [0, 0.05) is 11.8 Å². The van der Waals surface area contributed by atoms with Crippen LogP contribution in [0.3, 0.4) is 0 Å². The van der Waals surface area contributed by atoms with Crippen molar-refractivity contribution in [3.8, 4) is 0 Å². The van der Waals surface area contributed by atoms with Crippen LogP contribution in [0.2, 0.25) is 0 Å². The van der Waals surface area contributed by atoms with E-state index in [2.05, 4.69) is 27.7 Å². The van der Waals surface area contributed by atoms with Crippen molar-refractivity contribution in [2.24, 2.45) is 5.73 Å². The Balaban J connectivity index is 2.29. The van der Waals surface area contributed by atoms with Gasteiger partial charge in [-0.1, -0.05) is 12.2 Å². The van der Waals surface area contributed by atoms with Crippen molar-refractivity contribution in [1.29, 1.82) is 0 Å². The smallest absolute Gasteiger partial charge is 0.124 e. The molecule has 0 aliphatic heterocycles. The minimum absolute atomic E-state index is 0.195. The average molecular weight is 361 g/mol. The van der Waals surface area contributed by atoms with Crippen molar-refractivity contribution in [2.45, 2.75) is 6.54 Å². The van der Waals surface area contributed by atoms with Gasteiger partial charge in [0.1, 0.15) is 10.8 Å². The molecule has 0 radical (unpaired) electrons. The third-order valence-corrected chi connectivity index (χ3v) is 2.98. The Morgan fingerprint density at radius 3 is 2.82 bits per heavy atom. The van der Waals surface area contributed by atoms with E-state index >= 15 is 0 Å². The van der Waals surface area contributed by atoms with Crippen LogP contribution in [0.1, 0.15) is 11.1 Å². The van der Waals surface area contributed by atoms with Crippen LogP contribution < -0.4 is 5.73 Å². The molecule has 1 heterocycles. The molecule has 88 valence electrons. The zero-order valence-corrected chi connectivity index (χ0v) is 11.7. The number of aromatic nitrogens is 2. The van der Waals surface area contributed by atoms with Gasteiger partial charge in [-0.25, -0.2) is 4.39 Å². The van der Waals surface area contributed by atoms with Gasteiger partial charge in [0.15, 0.2) is 0 Å². The third kappa shape index (κ3) is 3.22. The quantitative estimate of drug-likeness (QED) is 0.674. The molecule has 0 atom stereocenters. The number of halogens is 2. The monoisotopic (exact) mass is 361 g/mol. The fourth-order valence-electron chi connectivity index (χ4n) is 1.50. The van der Waals surface area contributed by atoms with E-state index < -0.39 is 0 Å². The largest absolute Gasteiger partial charge is 0.389 e. The van der Waals surface area contributed by atoms with Crippen molar-refractivity contribution < 1.29 is 4.39 Å². The molecular formula is C11H9FIN3S. The molecule has 6 heteroatoms. The standard InChI is InChI=1S/C11H9FIN3S/c12-9-2-7(1-8(3-9)11(14)17)5-16-6-10(13)4-15-16/h1-4,6H,5H2,(H2,14,17). The van der Waals surface area contributed by atoms with Crippen molar-refractivity contribution in [3.63, 3.8) is 0 Å². The lowest BCUT2D eigenvalue weighted by atomic mass is 10.1. The molecule has 0 saturated heterocycles. The number of rotatable bonds is 3. The predicted molar refractivity (Wildman–Crippen MR) is 76.3 cm³/mol. The minimum Gasteiger partial charge on any atom is -0.389 e. The van der Waals surface area contributed by atoms with Crippen LogP contribution in [0, 0.1) is 9.39 Å². The van der Waals surface area contributed by atoms with Gasteiger partial charge in [-0.05, 0) is 46.4 Å². The van der Waals surface area contributed by atoms with Crippen molar-refractivity contribution in [1.82, 2.24) is 9.78 Å². The van der Waals surface area contributed by atoms with Gasteiger partial charge in [-0.2, -0.15) is 5.10 Å². The summed E-state index contributed by atoms with van der Waals surface area (Å²) in [7, 11) is 0. The summed E-state index contributed by atoms with van der Waals surface area (Å²) in [6.07, 6.45) is 3.63. The highest BCUT2D eigenvalue weighted by atomic mass is 127. The third-order valence-electron chi connectivity index (χ3n) is 2.19. The van der Waals surface area contributed by atoms with Gasteiger partial charge in [-0.3, -0.25) is 4.68 Å². The lowest BCUT2D eigenvalue weighted by Gasteiger charge is -2.05. The number of hydrogen-bond donors (Lipinski definition) is 1. The van der Waals surface area contributed by atoms with Crippen LogP contribution in [0.15, 0.2) is 30.6 Å². The Bertz CT molecular complexity index is 568. The van der Waals surface area contributed by atoms with Gasteiger partial charge in [0.05, 0.1) is 16.3 Å². The maximum Gasteiger partial charge on any atom is 0.124 e. The van der Waals surface area contributed by atoms with Gasteiger partial charge >= 0.3 is 0 Å². The van der Waals surface area contributed by atoms with E-state index in [4.69, 9.17) is 18.0 Å². The molecule has 2 aromatic rings. The molecule has 0 aliphatic carbocycles. The summed E-state index contributed by atoms with van der Waals surface area (Å²) in [5.41, 5.74) is 6.81. The molecular weight excluding hydrogens is 352 g/mol. The molecule has 0 fully saturated rings. The molecule has 2 rings (SSSR count). The molecule has 0 spiro atoms. The van der Waals surface area contributed by atoms with Gasteiger partial charge in [0.25, 0.3) is 0 Å². The van der Waals surface area contributed by atoms with Crippen LogP contribution in [0.5, 0.6) is 0 Å². The highest BCUT2D eigenvalue weighted by Crippen LogP contribution is 2.11. The van der Waals surface area contributed by atoms with Crippen molar-refractivity contribution in [3.05, 3.63) is 51.1 Å². The molecule has 1 aromatic heterocycles. The number of nitrogens with zero attached hydrogens (tertiary/aromatic N) is 2. The summed E-state index contributed by atoms with van der Waals surface area (Å²) < 4.78 is 16.1. The second-order valence-electron chi connectivity index (χ2n) is 3.57. The van der Waals surface area contributed by atoms with E-state index in [0.717, 1.165) is 9.13 Å². The zero-order valence-electron chi connectivity index (χ0n) is 8.73. The Hall–Kier alpha value is -1.02. The van der Waals surface area contributed by atoms with E-state index in [1.54, 1.807) is 16.9 Å². The van der Waals surface area contributed by atoms with Gasteiger partial charge in [0.2, 0.25) is 0 Å². The Morgan fingerprint density at radius 2 is 2.24 bits per heavy atom. The summed E-state index contributed by atoms with van der Waals surface area (Å²) >= 11 is 7.01. The molecule has 0 aliphatic rings. The fourth-order valence-corrected chi connectivity index (χ4v) is 2.06. The molecule has 0 unspecified atom stereocenters. The summed E-state index contributed by atoms with van der Waals surface area (Å²) in [4.78, 5) is 0.195. The number of thiocarbonyl (C=S) groups is 1. The molecule has 17 heavy (non-hydrogen) atoms. The second-order valence-corrected chi connectivity index (χ2v) is 5.25. The molecule has 3 nitrogen and oxygen atoms in total. The first kappa shape index (κ1) is 12.4. The van der Waals surface area contributed by atoms with Gasteiger partial charge < -0.3 is 5.73 Å². The van der Waals surface area contributed by atoms with E-state index in [-0.39, 0.29) is 10.8 Å². The first-order valence-corrected chi connectivity index (χ1v) is 6.30. The normalized spacial score (nSPS) is 10.5. The number of hydrogen-bond acceptors (Lipinski definition) is 2. The molecule has 2 N–H and O–H groups in total. The van der Waals surface area contributed by atoms with Crippen LogP contribution in [-0.2, 0) is 6.54 Å². The first-order chi connectivity index (χ1) is 8.04. The molecule has 0 bridgehead atoms. The summed E-state index contributed by atoms with van der Waals surface area (Å²) in [5, 5.41) is 4.14. The number of nitrogens with two attached hydrogens (primary N) is 1. The fraction of sp³-hybridized carbons (Fsp3) is 0.0909. The summed E-state index contributed by atoms with van der Waals surface area (Å²) in [6.45, 7) is 0.496. The summed E-state index contributed by atoms with van der Waals surface area (Å²) in [6, 6.07) is 4.56. The maximum absolute atomic E-state index is 13.3. The van der Waals surface area contributed by atoms with Crippen LogP contribution in [-0.4, -0.2) is 14.8 Å². The number of benzene rings is 1. The molecule has 0 saturated carbocycles. The van der Waals surface area contributed by atoms with Gasteiger partial charge in [-0.15, -0.1) is 0 Å². The Morgan fingerprint density at radius 1 is 1.47 bits per heavy atom. The lowest BCUT2D eigenvalue weighted by molar-refractivity contribution is 0.619. The Kier molecular flexibility index (Phi) is 3.72. The van der Waals surface area contributed by atoms with E-state index in [0.29, 0.717) is 12.1 Å². The zero-order chi connectivity index (χ0) is 12.4. The van der Waals surface area contributed by atoms with Crippen LogP contribution in [0.4, 0.5) is 4.39 Å². The highest BCUT2D eigenvalue weighted by molar-refractivity contribution is 14.1. The van der Waals surface area contributed by atoms with E-state index in [9.17, 15) is 4.39 Å². The highest BCUT2D eigenvalue weighted by Gasteiger charge is 2.04. The lowest BCUT2D eigenvalue weighted by Crippen LogP contribution is -2.11. The predicted octanol–water partition coefficient (Wildman–Crippen LogP) is 2.31. The van der Waals surface area contributed by atoms with E-state index in [1.165, 1.54) is 12.1 Å². The Labute approximate surface area is 117 Å². The van der Waals surface area contributed by atoms with E-state index in [1.807, 2.05) is 6.20 Å². The SMILES string of the molecule is NC(=S)c1cc(F)cc(Cn2cc(I)cn2)c1. The summed E-state index contributed by atoms with van der Waals surface area (Å²) in [5.74, 6) is -0.341. The topological polar surface area (TPSA) is 43.8 Å². The molecule has 1 aromatic carbocycles. The molecule has 0 amide bonds. The first-order valence-electron chi connectivity index (χ1n) is 4.82. The average Bonchev–Trinajstić information content (AvgIpc) is 2.63. The second kappa shape index (κ2) is 5.09.